The van der Waals surface area contributed by atoms with Crippen molar-refractivity contribution in [3.63, 3.8) is 0 Å². The number of aromatic hydroxyl groups is 1. The van der Waals surface area contributed by atoms with E-state index in [1.807, 2.05) is 0 Å². The molecule has 0 aliphatic rings. The van der Waals surface area contributed by atoms with Gasteiger partial charge in [-0.05, 0) is 23.8 Å². The molecule has 3 heteroatoms. The van der Waals surface area contributed by atoms with Crippen LogP contribution in [0.3, 0.4) is 0 Å². The van der Waals surface area contributed by atoms with Crippen molar-refractivity contribution in [3.8, 4) is 11.5 Å². The Bertz CT molecular complexity index is 546. The maximum absolute atomic E-state index is 10.2. The van der Waals surface area contributed by atoms with Gasteiger partial charge in [-0.2, -0.15) is 0 Å². The summed E-state index contributed by atoms with van der Waals surface area (Å²) in [5.74, 6) is 0.801. The number of ether oxygens (including phenoxy) is 1. The highest BCUT2D eigenvalue weighted by Gasteiger charge is 2.13. The van der Waals surface area contributed by atoms with Crippen molar-refractivity contribution < 1.29 is 14.9 Å². The summed E-state index contributed by atoms with van der Waals surface area (Å²) in [6, 6.07) is 13.9. The standard InChI is InChI=1S/C16H16O3/c1-2-11-19-13-9-7-12(8-10-13)16(18)14-5-3-4-6-15(14)17/h2-10,16-18H,1,11H2. The Kier molecular flexibility index (Phi) is 4.21. The van der Waals surface area contributed by atoms with Crippen molar-refractivity contribution in [3.05, 3.63) is 72.3 Å². The lowest BCUT2D eigenvalue weighted by molar-refractivity contribution is 0.215. The van der Waals surface area contributed by atoms with E-state index in [-0.39, 0.29) is 5.75 Å². The van der Waals surface area contributed by atoms with Crippen molar-refractivity contribution in [2.24, 2.45) is 0 Å². The minimum Gasteiger partial charge on any atom is -0.508 e. The highest BCUT2D eigenvalue weighted by atomic mass is 16.5. The summed E-state index contributed by atoms with van der Waals surface area (Å²) in [6.45, 7) is 4.02. The van der Waals surface area contributed by atoms with Crippen LogP contribution < -0.4 is 4.74 Å². The molecule has 1 atom stereocenters. The summed E-state index contributed by atoms with van der Waals surface area (Å²) in [6.07, 6.45) is 0.819. The van der Waals surface area contributed by atoms with Crippen molar-refractivity contribution in [1.29, 1.82) is 0 Å². The molecule has 1 unspecified atom stereocenters. The van der Waals surface area contributed by atoms with Gasteiger partial charge >= 0.3 is 0 Å². The summed E-state index contributed by atoms with van der Waals surface area (Å²) in [4.78, 5) is 0. The van der Waals surface area contributed by atoms with Gasteiger partial charge < -0.3 is 14.9 Å². The number of aliphatic hydroxyl groups is 1. The Hall–Kier alpha value is -2.26. The van der Waals surface area contributed by atoms with E-state index in [1.54, 1.807) is 54.6 Å². The van der Waals surface area contributed by atoms with E-state index < -0.39 is 6.10 Å². The fourth-order valence-corrected chi connectivity index (χ4v) is 1.80. The van der Waals surface area contributed by atoms with E-state index in [0.29, 0.717) is 23.5 Å². The first-order valence-electron chi connectivity index (χ1n) is 6.02. The number of hydrogen-bond donors (Lipinski definition) is 2. The second-order valence-electron chi connectivity index (χ2n) is 4.13. The SMILES string of the molecule is C=CCOc1ccc(C(O)c2ccccc2O)cc1. The maximum Gasteiger partial charge on any atom is 0.121 e. The molecule has 0 saturated heterocycles. The highest BCUT2D eigenvalue weighted by Crippen LogP contribution is 2.29. The van der Waals surface area contributed by atoms with Crippen LogP contribution in [0.4, 0.5) is 0 Å². The van der Waals surface area contributed by atoms with Crippen LogP contribution in [0.1, 0.15) is 17.2 Å². The highest BCUT2D eigenvalue weighted by molar-refractivity contribution is 5.40. The van der Waals surface area contributed by atoms with Crippen LogP contribution in [0, 0.1) is 0 Å². The fourth-order valence-electron chi connectivity index (χ4n) is 1.80. The summed E-state index contributed by atoms with van der Waals surface area (Å²) in [7, 11) is 0. The second-order valence-corrected chi connectivity index (χ2v) is 4.13. The van der Waals surface area contributed by atoms with Crippen LogP contribution in [0.25, 0.3) is 0 Å². The Balaban J connectivity index is 2.18. The molecule has 0 radical (unpaired) electrons. The van der Waals surface area contributed by atoms with E-state index in [4.69, 9.17) is 4.74 Å². The van der Waals surface area contributed by atoms with E-state index >= 15 is 0 Å². The first-order chi connectivity index (χ1) is 9.22. The normalized spacial score (nSPS) is 11.8. The zero-order valence-corrected chi connectivity index (χ0v) is 10.5. The predicted molar refractivity (Wildman–Crippen MR) is 74.3 cm³/mol. The third kappa shape index (κ3) is 3.14. The number of phenols is 1. The molecule has 3 nitrogen and oxygen atoms in total. The molecule has 0 fully saturated rings. The van der Waals surface area contributed by atoms with Gasteiger partial charge in [0.2, 0.25) is 0 Å². The Labute approximate surface area is 112 Å². The molecule has 0 saturated carbocycles. The van der Waals surface area contributed by atoms with E-state index in [0.717, 1.165) is 0 Å². The molecule has 0 bridgehead atoms. The van der Waals surface area contributed by atoms with Gasteiger partial charge in [0.25, 0.3) is 0 Å². The average Bonchev–Trinajstić information content (AvgIpc) is 2.45. The number of para-hydroxylation sites is 1. The molecule has 2 rings (SSSR count). The molecular formula is C16H16O3. The van der Waals surface area contributed by atoms with Gasteiger partial charge in [-0.25, -0.2) is 0 Å². The molecule has 0 spiro atoms. The molecule has 19 heavy (non-hydrogen) atoms. The van der Waals surface area contributed by atoms with Gasteiger partial charge in [-0.1, -0.05) is 43.0 Å². The third-order valence-corrected chi connectivity index (χ3v) is 2.80. The third-order valence-electron chi connectivity index (χ3n) is 2.80. The second kappa shape index (κ2) is 6.07. The quantitative estimate of drug-likeness (QED) is 0.808. The van der Waals surface area contributed by atoms with Crippen molar-refractivity contribution >= 4 is 0 Å². The fraction of sp³-hybridized carbons (Fsp3) is 0.125. The molecule has 2 N–H and O–H groups in total. The molecule has 0 amide bonds. The summed E-state index contributed by atoms with van der Waals surface area (Å²) >= 11 is 0. The van der Waals surface area contributed by atoms with Crippen LogP contribution in [-0.2, 0) is 0 Å². The van der Waals surface area contributed by atoms with Gasteiger partial charge in [0, 0.05) is 5.56 Å². The Morgan fingerprint density at radius 3 is 2.42 bits per heavy atom. The summed E-state index contributed by atoms with van der Waals surface area (Å²) in [5.41, 5.74) is 1.19. The van der Waals surface area contributed by atoms with Crippen molar-refractivity contribution in [2.45, 2.75) is 6.10 Å². The van der Waals surface area contributed by atoms with Crippen LogP contribution >= 0.6 is 0 Å². The molecule has 2 aromatic carbocycles. The first kappa shape index (κ1) is 13.2. The van der Waals surface area contributed by atoms with Crippen molar-refractivity contribution in [1.82, 2.24) is 0 Å². The van der Waals surface area contributed by atoms with Gasteiger partial charge in [-0.15, -0.1) is 0 Å². The molecule has 0 aromatic heterocycles. The maximum atomic E-state index is 10.2. The van der Waals surface area contributed by atoms with Gasteiger partial charge in [0.15, 0.2) is 0 Å². The van der Waals surface area contributed by atoms with Crippen LogP contribution in [0.5, 0.6) is 11.5 Å². The van der Waals surface area contributed by atoms with E-state index in [1.165, 1.54) is 0 Å². The molecule has 0 aliphatic carbocycles. The lowest BCUT2D eigenvalue weighted by Gasteiger charge is -2.13. The monoisotopic (exact) mass is 256 g/mol. The number of rotatable bonds is 5. The minimum atomic E-state index is -0.852. The molecular weight excluding hydrogens is 240 g/mol. The zero-order valence-electron chi connectivity index (χ0n) is 10.5. The van der Waals surface area contributed by atoms with E-state index in [9.17, 15) is 10.2 Å². The zero-order chi connectivity index (χ0) is 13.7. The molecule has 2 aromatic rings. The Morgan fingerprint density at radius 2 is 1.79 bits per heavy atom. The van der Waals surface area contributed by atoms with Crippen LogP contribution in [-0.4, -0.2) is 16.8 Å². The smallest absolute Gasteiger partial charge is 0.121 e. The topological polar surface area (TPSA) is 49.7 Å². The lowest BCUT2D eigenvalue weighted by Crippen LogP contribution is -2.00. The van der Waals surface area contributed by atoms with Gasteiger partial charge in [0.1, 0.15) is 24.2 Å². The Morgan fingerprint density at radius 1 is 1.11 bits per heavy atom. The lowest BCUT2D eigenvalue weighted by atomic mass is 10.0. The molecule has 0 heterocycles. The average molecular weight is 256 g/mol. The van der Waals surface area contributed by atoms with E-state index in [2.05, 4.69) is 6.58 Å². The number of phenolic OH excluding ortho intramolecular Hbond substituents is 1. The molecule has 98 valence electrons. The minimum absolute atomic E-state index is 0.0852. The van der Waals surface area contributed by atoms with Crippen LogP contribution in [0.15, 0.2) is 61.2 Å². The number of hydrogen-bond acceptors (Lipinski definition) is 3. The van der Waals surface area contributed by atoms with Gasteiger partial charge in [0.05, 0.1) is 0 Å². The van der Waals surface area contributed by atoms with Crippen molar-refractivity contribution in [2.75, 3.05) is 6.61 Å². The predicted octanol–water partition coefficient (Wildman–Crippen LogP) is 3.04. The number of benzene rings is 2. The first-order valence-corrected chi connectivity index (χ1v) is 6.02. The summed E-state index contributed by atoms with van der Waals surface area (Å²) < 4.78 is 5.37. The van der Waals surface area contributed by atoms with Crippen LogP contribution in [0.2, 0.25) is 0 Å². The summed E-state index contributed by atoms with van der Waals surface area (Å²) in [5, 5.41) is 19.9. The number of aliphatic hydroxyl groups excluding tert-OH is 1. The van der Waals surface area contributed by atoms with Gasteiger partial charge in [-0.3, -0.25) is 0 Å². The molecule has 0 aliphatic heterocycles. The largest absolute Gasteiger partial charge is 0.508 e.